The van der Waals surface area contributed by atoms with Gasteiger partial charge in [0.05, 0.1) is 0 Å². The molecule has 5 heteroatoms. The molecule has 2 aromatic carbocycles. The van der Waals surface area contributed by atoms with Crippen LogP contribution in [0.25, 0.3) is 0 Å². The van der Waals surface area contributed by atoms with E-state index in [0.29, 0.717) is 24.6 Å². The third kappa shape index (κ3) is 6.58. The lowest BCUT2D eigenvalue weighted by atomic mass is 9.89. The van der Waals surface area contributed by atoms with Crippen LogP contribution in [-0.2, 0) is 6.42 Å². The molecule has 31 heavy (non-hydrogen) atoms. The van der Waals surface area contributed by atoms with E-state index >= 15 is 0 Å². The van der Waals surface area contributed by atoms with Crippen LogP contribution in [0.15, 0.2) is 48.5 Å². The molecule has 5 nitrogen and oxygen atoms in total. The molecule has 1 aliphatic rings. The minimum atomic E-state index is -0.0588. The first-order valence-electron chi connectivity index (χ1n) is 11.5. The van der Waals surface area contributed by atoms with E-state index < -0.39 is 0 Å². The zero-order valence-electron chi connectivity index (χ0n) is 19.0. The van der Waals surface area contributed by atoms with E-state index in [2.05, 4.69) is 37.5 Å². The van der Waals surface area contributed by atoms with Gasteiger partial charge in [-0.3, -0.25) is 4.79 Å². The Morgan fingerprint density at radius 1 is 1.13 bits per heavy atom. The Labute approximate surface area is 186 Å². The number of benzene rings is 2. The number of anilines is 1. The number of hydrogen-bond donors (Lipinski definition) is 2. The van der Waals surface area contributed by atoms with Gasteiger partial charge in [0.25, 0.3) is 5.91 Å². The summed E-state index contributed by atoms with van der Waals surface area (Å²) in [5, 5.41) is 6.03. The van der Waals surface area contributed by atoms with Gasteiger partial charge in [0, 0.05) is 36.8 Å². The maximum absolute atomic E-state index is 12.8. The molecule has 1 heterocycles. The first kappa shape index (κ1) is 22.9. The highest BCUT2D eigenvalue weighted by Gasteiger charge is 2.25. The highest BCUT2D eigenvalue weighted by molar-refractivity contribution is 5.94. The van der Waals surface area contributed by atoms with Crippen molar-refractivity contribution < 1.29 is 9.59 Å². The van der Waals surface area contributed by atoms with Crippen LogP contribution in [0.2, 0.25) is 0 Å². The summed E-state index contributed by atoms with van der Waals surface area (Å²) < 4.78 is 0. The minimum Gasteiger partial charge on any atom is -0.352 e. The molecule has 1 fully saturated rings. The third-order valence-electron chi connectivity index (χ3n) is 5.95. The van der Waals surface area contributed by atoms with E-state index in [-0.39, 0.29) is 17.9 Å². The summed E-state index contributed by atoms with van der Waals surface area (Å²) in [5.74, 6) is 0.782. The number of nitrogens with one attached hydrogen (secondary N) is 2. The summed E-state index contributed by atoms with van der Waals surface area (Å²) in [7, 11) is 0. The van der Waals surface area contributed by atoms with Crippen LogP contribution >= 0.6 is 0 Å². The Balaban J connectivity index is 1.60. The molecule has 0 radical (unpaired) electrons. The van der Waals surface area contributed by atoms with E-state index in [1.807, 2.05) is 47.4 Å². The molecule has 1 saturated heterocycles. The lowest BCUT2D eigenvalue weighted by Gasteiger charge is -2.33. The van der Waals surface area contributed by atoms with Gasteiger partial charge in [0.1, 0.15) is 0 Å². The number of carbonyl (C=O) groups excluding carboxylic acids is 2. The Kier molecular flexibility index (Phi) is 8.10. The van der Waals surface area contributed by atoms with Crippen molar-refractivity contribution in [2.75, 3.05) is 25.0 Å². The lowest BCUT2D eigenvalue weighted by molar-refractivity contribution is 0.0951. The molecule has 1 aliphatic heterocycles. The third-order valence-corrected chi connectivity index (χ3v) is 5.95. The van der Waals surface area contributed by atoms with Crippen molar-refractivity contribution in [1.29, 1.82) is 0 Å². The standard InChI is InChI=1S/C26H35N3O2/c1-4-20-10-12-24(13-11-20)28-26(31)29-16-6-9-23(18-29)21-7-5-8-22(17-21)25(30)27-15-14-19(2)3/h5,7-8,10-13,17,19,23H,4,6,9,14-16,18H2,1-3H3,(H,27,30)(H,28,31). The summed E-state index contributed by atoms with van der Waals surface area (Å²) in [4.78, 5) is 27.2. The monoisotopic (exact) mass is 421 g/mol. The first-order valence-corrected chi connectivity index (χ1v) is 11.5. The van der Waals surface area contributed by atoms with Crippen molar-refractivity contribution in [3.8, 4) is 0 Å². The second-order valence-corrected chi connectivity index (χ2v) is 8.83. The average Bonchev–Trinajstić information content (AvgIpc) is 2.79. The molecule has 3 amide bonds. The van der Waals surface area contributed by atoms with Gasteiger partial charge in [-0.25, -0.2) is 4.79 Å². The summed E-state index contributed by atoms with van der Waals surface area (Å²) in [6.07, 6.45) is 3.93. The number of piperidine rings is 1. The predicted molar refractivity (Wildman–Crippen MR) is 127 cm³/mol. The van der Waals surface area contributed by atoms with Gasteiger partial charge in [-0.05, 0) is 67.0 Å². The molecular formula is C26H35N3O2. The maximum atomic E-state index is 12.8. The van der Waals surface area contributed by atoms with E-state index in [4.69, 9.17) is 0 Å². The van der Waals surface area contributed by atoms with Crippen LogP contribution in [0.4, 0.5) is 10.5 Å². The SMILES string of the molecule is CCc1ccc(NC(=O)N2CCCC(c3cccc(C(=O)NCCC(C)C)c3)C2)cc1. The maximum Gasteiger partial charge on any atom is 0.321 e. The van der Waals surface area contributed by atoms with Crippen LogP contribution < -0.4 is 10.6 Å². The highest BCUT2D eigenvalue weighted by Crippen LogP contribution is 2.28. The molecule has 2 N–H and O–H groups in total. The van der Waals surface area contributed by atoms with Crippen molar-refractivity contribution in [2.45, 2.75) is 52.4 Å². The lowest BCUT2D eigenvalue weighted by Crippen LogP contribution is -2.41. The molecule has 1 unspecified atom stereocenters. The number of nitrogens with zero attached hydrogens (tertiary/aromatic N) is 1. The Bertz CT molecular complexity index is 876. The van der Waals surface area contributed by atoms with Crippen LogP contribution in [-0.4, -0.2) is 36.5 Å². The van der Waals surface area contributed by atoms with Crippen LogP contribution in [0.1, 0.15) is 67.4 Å². The number of likely N-dealkylation sites (tertiary alicyclic amines) is 1. The highest BCUT2D eigenvalue weighted by atomic mass is 16.2. The second kappa shape index (κ2) is 11.0. The molecule has 0 bridgehead atoms. The molecule has 0 spiro atoms. The quantitative estimate of drug-likeness (QED) is 0.626. The Hall–Kier alpha value is -2.82. The molecule has 2 aromatic rings. The van der Waals surface area contributed by atoms with Crippen molar-refractivity contribution in [3.63, 3.8) is 0 Å². The zero-order valence-corrected chi connectivity index (χ0v) is 19.0. The van der Waals surface area contributed by atoms with E-state index in [0.717, 1.165) is 43.5 Å². The fourth-order valence-corrected chi connectivity index (χ4v) is 3.97. The fourth-order valence-electron chi connectivity index (χ4n) is 3.97. The van der Waals surface area contributed by atoms with Crippen LogP contribution in [0.3, 0.4) is 0 Å². The molecular weight excluding hydrogens is 386 g/mol. The Morgan fingerprint density at radius 3 is 2.61 bits per heavy atom. The molecule has 1 atom stereocenters. The van der Waals surface area contributed by atoms with Crippen molar-refractivity contribution in [3.05, 3.63) is 65.2 Å². The van der Waals surface area contributed by atoms with Crippen LogP contribution in [0.5, 0.6) is 0 Å². The first-order chi connectivity index (χ1) is 15.0. The van der Waals surface area contributed by atoms with Gasteiger partial charge < -0.3 is 15.5 Å². The van der Waals surface area contributed by atoms with Crippen LogP contribution in [0, 0.1) is 5.92 Å². The van der Waals surface area contributed by atoms with Crippen molar-refractivity contribution in [1.82, 2.24) is 10.2 Å². The van der Waals surface area contributed by atoms with Gasteiger partial charge >= 0.3 is 6.03 Å². The number of hydrogen-bond acceptors (Lipinski definition) is 2. The average molecular weight is 422 g/mol. The zero-order chi connectivity index (χ0) is 22.2. The van der Waals surface area contributed by atoms with Gasteiger partial charge in [-0.2, -0.15) is 0 Å². The Morgan fingerprint density at radius 2 is 1.90 bits per heavy atom. The summed E-state index contributed by atoms with van der Waals surface area (Å²) in [6, 6.07) is 15.8. The number of aryl methyl sites for hydroxylation is 1. The van der Waals surface area contributed by atoms with Gasteiger partial charge in [-0.1, -0.05) is 45.0 Å². The number of carbonyl (C=O) groups is 2. The molecule has 0 aliphatic carbocycles. The molecule has 3 rings (SSSR count). The fraction of sp³-hybridized carbons (Fsp3) is 0.462. The van der Waals surface area contributed by atoms with E-state index in [1.165, 1.54) is 5.56 Å². The van der Waals surface area contributed by atoms with Gasteiger partial charge in [0.2, 0.25) is 0 Å². The van der Waals surface area contributed by atoms with E-state index in [1.54, 1.807) is 0 Å². The summed E-state index contributed by atoms with van der Waals surface area (Å²) in [5.41, 5.74) is 3.90. The second-order valence-electron chi connectivity index (χ2n) is 8.83. The summed E-state index contributed by atoms with van der Waals surface area (Å²) in [6.45, 7) is 8.53. The predicted octanol–water partition coefficient (Wildman–Crippen LogP) is 5.44. The molecule has 0 aromatic heterocycles. The smallest absolute Gasteiger partial charge is 0.321 e. The van der Waals surface area contributed by atoms with Gasteiger partial charge in [-0.15, -0.1) is 0 Å². The van der Waals surface area contributed by atoms with E-state index in [9.17, 15) is 9.59 Å². The largest absolute Gasteiger partial charge is 0.352 e. The summed E-state index contributed by atoms with van der Waals surface area (Å²) >= 11 is 0. The number of rotatable bonds is 7. The van der Waals surface area contributed by atoms with Crippen molar-refractivity contribution in [2.24, 2.45) is 5.92 Å². The topological polar surface area (TPSA) is 61.4 Å². The number of amides is 3. The normalized spacial score (nSPS) is 16.3. The number of urea groups is 1. The molecule has 166 valence electrons. The van der Waals surface area contributed by atoms with Crippen molar-refractivity contribution >= 4 is 17.6 Å². The minimum absolute atomic E-state index is 0.0246. The van der Waals surface area contributed by atoms with Gasteiger partial charge in [0.15, 0.2) is 0 Å². The molecule has 0 saturated carbocycles.